The van der Waals surface area contributed by atoms with Crippen LogP contribution >= 0.6 is 0 Å². The molecule has 3 unspecified atom stereocenters. The molecule has 1 aromatic rings. The Morgan fingerprint density at radius 2 is 2.04 bits per heavy atom. The number of anilines is 1. The number of amides is 3. The lowest BCUT2D eigenvalue weighted by Gasteiger charge is -2.37. The molecule has 4 rings (SSSR count). The van der Waals surface area contributed by atoms with Crippen LogP contribution in [-0.4, -0.2) is 28.4 Å². The fourth-order valence-electron chi connectivity index (χ4n) is 4.76. The lowest BCUT2D eigenvalue weighted by atomic mass is 9.80. The van der Waals surface area contributed by atoms with Crippen molar-refractivity contribution in [2.45, 2.75) is 43.4 Å². The summed E-state index contributed by atoms with van der Waals surface area (Å²) in [5.74, 6) is -0.383. The van der Waals surface area contributed by atoms with Crippen molar-refractivity contribution < 1.29 is 22.8 Å². The minimum atomic E-state index is -4.53. The van der Waals surface area contributed by atoms with E-state index in [1.165, 1.54) is 12.1 Å². The molecule has 4 nitrogen and oxygen atoms in total. The van der Waals surface area contributed by atoms with Crippen molar-refractivity contribution in [2.24, 2.45) is 5.92 Å². The number of carbonyl (C=O) groups is 2. The van der Waals surface area contributed by atoms with E-state index < -0.39 is 29.2 Å². The van der Waals surface area contributed by atoms with E-state index in [2.05, 4.69) is 6.58 Å². The molecule has 132 valence electrons. The summed E-state index contributed by atoms with van der Waals surface area (Å²) in [7, 11) is 0. The third-order valence-corrected chi connectivity index (χ3v) is 5.73. The molecule has 2 aliphatic heterocycles. The Morgan fingerprint density at radius 3 is 2.72 bits per heavy atom. The Labute approximate surface area is 142 Å². The summed E-state index contributed by atoms with van der Waals surface area (Å²) in [6.07, 6.45) is -0.121. The zero-order chi connectivity index (χ0) is 18.0. The molecule has 3 fully saturated rings. The molecule has 0 N–H and O–H groups in total. The van der Waals surface area contributed by atoms with E-state index in [1.54, 1.807) is 11.0 Å². The normalized spacial score (nSPS) is 31.0. The molecule has 1 saturated carbocycles. The van der Waals surface area contributed by atoms with Crippen LogP contribution in [0.2, 0.25) is 0 Å². The number of piperidine rings is 1. The first-order valence-electron chi connectivity index (χ1n) is 8.26. The van der Waals surface area contributed by atoms with Crippen molar-refractivity contribution in [3.05, 3.63) is 42.5 Å². The van der Waals surface area contributed by atoms with E-state index in [0.717, 1.165) is 36.3 Å². The number of imide groups is 1. The summed E-state index contributed by atoms with van der Waals surface area (Å²) in [6.45, 7) is 3.71. The van der Waals surface area contributed by atoms with E-state index in [-0.39, 0.29) is 17.6 Å². The van der Waals surface area contributed by atoms with Crippen LogP contribution < -0.4 is 4.90 Å². The van der Waals surface area contributed by atoms with Crippen LogP contribution in [0.25, 0.3) is 0 Å². The smallest absolute Gasteiger partial charge is 0.306 e. The molecule has 2 bridgehead atoms. The number of carbonyl (C=O) groups excluding carboxylic acids is 2. The number of fused-ring (bicyclic) bond motifs is 5. The Hall–Kier alpha value is -2.31. The highest BCUT2D eigenvalue weighted by Gasteiger charge is 2.68. The van der Waals surface area contributed by atoms with Crippen LogP contribution in [0.1, 0.15) is 31.2 Å². The van der Waals surface area contributed by atoms with Gasteiger partial charge in [0, 0.05) is 6.04 Å². The quantitative estimate of drug-likeness (QED) is 0.611. The monoisotopic (exact) mass is 350 g/mol. The summed E-state index contributed by atoms with van der Waals surface area (Å²) >= 11 is 0. The first-order chi connectivity index (χ1) is 11.8. The molecule has 1 aliphatic carbocycles. The molecule has 0 radical (unpaired) electrons. The molecule has 0 aromatic heterocycles. The van der Waals surface area contributed by atoms with Crippen LogP contribution in [0.5, 0.6) is 0 Å². The Morgan fingerprint density at radius 1 is 1.28 bits per heavy atom. The van der Waals surface area contributed by atoms with Crippen LogP contribution in [0.15, 0.2) is 36.9 Å². The summed E-state index contributed by atoms with van der Waals surface area (Å²) in [5, 5.41) is 0. The summed E-state index contributed by atoms with van der Waals surface area (Å²) < 4.78 is 39.0. The average molecular weight is 350 g/mol. The standard InChI is InChI=1S/C18H17F3N2O2/c1-2-8-17-11-6-7-14(9-11)23(17)16(25)22(15(17)24)13-5-3-4-12(10-13)18(19,20)21/h2-5,10-11,14H,1,6-9H2. The number of alkyl halides is 3. The number of hydrogen-bond acceptors (Lipinski definition) is 2. The number of rotatable bonds is 3. The highest BCUT2D eigenvalue weighted by atomic mass is 19.4. The topological polar surface area (TPSA) is 40.6 Å². The van der Waals surface area contributed by atoms with Gasteiger partial charge in [-0.3, -0.25) is 4.79 Å². The van der Waals surface area contributed by atoms with Crippen molar-refractivity contribution in [1.29, 1.82) is 0 Å². The second-order valence-corrected chi connectivity index (χ2v) is 6.92. The van der Waals surface area contributed by atoms with Gasteiger partial charge < -0.3 is 4.90 Å². The Bertz CT molecular complexity index is 776. The molecular weight excluding hydrogens is 333 g/mol. The molecule has 3 aliphatic rings. The maximum absolute atomic E-state index is 13.2. The van der Waals surface area contributed by atoms with Gasteiger partial charge in [0.2, 0.25) is 0 Å². The molecule has 2 heterocycles. The van der Waals surface area contributed by atoms with Gasteiger partial charge in [0.1, 0.15) is 5.54 Å². The van der Waals surface area contributed by atoms with Crippen molar-refractivity contribution in [3.63, 3.8) is 0 Å². The molecule has 25 heavy (non-hydrogen) atoms. The molecule has 0 spiro atoms. The molecule has 7 heteroatoms. The predicted octanol–water partition coefficient (Wildman–Crippen LogP) is 3.97. The van der Waals surface area contributed by atoms with Gasteiger partial charge in [-0.05, 0) is 49.8 Å². The number of urea groups is 1. The second kappa shape index (κ2) is 5.09. The van der Waals surface area contributed by atoms with Crippen LogP contribution in [-0.2, 0) is 11.0 Å². The van der Waals surface area contributed by atoms with E-state index in [0.29, 0.717) is 6.42 Å². The second-order valence-electron chi connectivity index (χ2n) is 6.92. The minimum absolute atomic E-state index is 0.0165. The highest BCUT2D eigenvalue weighted by molar-refractivity contribution is 6.24. The number of halogens is 3. The molecule has 2 saturated heterocycles. The third kappa shape index (κ3) is 2.01. The fourth-order valence-corrected chi connectivity index (χ4v) is 4.76. The molecular formula is C18H17F3N2O2. The van der Waals surface area contributed by atoms with Gasteiger partial charge in [0.25, 0.3) is 5.91 Å². The summed E-state index contributed by atoms with van der Waals surface area (Å²) in [6, 6.07) is 3.85. The summed E-state index contributed by atoms with van der Waals surface area (Å²) in [4.78, 5) is 28.7. The summed E-state index contributed by atoms with van der Waals surface area (Å²) in [5.41, 5.74) is -1.88. The van der Waals surface area contributed by atoms with Gasteiger partial charge in [-0.25, -0.2) is 9.69 Å². The zero-order valence-corrected chi connectivity index (χ0v) is 13.4. The van der Waals surface area contributed by atoms with Crippen molar-refractivity contribution in [1.82, 2.24) is 4.90 Å². The van der Waals surface area contributed by atoms with Gasteiger partial charge in [-0.1, -0.05) is 12.1 Å². The molecule has 3 atom stereocenters. The maximum atomic E-state index is 13.2. The van der Waals surface area contributed by atoms with Gasteiger partial charge in [-0.2, -0.15) is 13.2 Å². The van der Waals surface area contributed by atoms with Crippen molar-refractivity contribution in [2.75, 3.05) is 4.90 Å². The SMILES string of the molecule is C=CCC12C(=O)N(c3cccc(C(F)(F)F)c3)C(=O)N1C1CCC2C1. The first kappa shape index (κ1) is 16.2. The van der Waals surface area contributed by atoms with Crippen molar-refractivity contribution >= 4 is 17.6 Å². The van der Waals surface area contributed by atoms with Gasteiger partial charge in [0.15, 0.2) is 0 Å². The Kier molecular flexibility index (Phi) is 3.30. The molecule has 1 aromatic carbocycles. The van der Waals surface area contributed by atoms with E-state index in [4.69, 9.17) is 0 Å². The van der Waals surface area contributed by atoms with Crippen LogP contribution in [0, 0.1) is 5.92 Å². The maximum Gasteiger partial charge on any atom is 0.416 e. The largest absolute Gasteiger partial charge is 0.416 e. The van der Waals surface area contributed by atoms with E-state index >= 15 is 0 Å². The number of hydrogen-bond donors (Lipinski definition) is 0. The fraction of sp³-hybridized carbons (Fsp3) is 0.444. The van der Waals surface area contributed by atoms with Gasteiger partial charge in [0.05, 0.1) is 11.3 Å². The van der Waals surface area contributed by atoms with Crippen molar-refractivity contribution in [3.8, 4) is 0 Å². The molecule has 3 amide bonds. The third-order valence-electron chi connectivity index (χ3n) is 5.73. The lowest BCUT2D eigenvalue weighted by Crippen LogP contribution is -2.53. The van der Waals surface area contributed by atoms with Gasteiger partial charge in [-0.15, -0.1) is 6.58 Å². The number of nitrogens with zero attached hydrogens (tertiary/aromatic N) is 2. The average Bonchev–Trinajstić information content (AvgIpc) is 3.20. The van der Waals surface area contributed by atoms with Crippen LogP contribution in [0.3, 0.4) is 0 Å². The Balaban J connectivity index is 1.79. The minimum Gasteiger partial charge on any atom is -0.306 e. The number of benzene rings is 1. The lowest BCUT2D eigenvalue weighted by molar-refractivity contribution is -0.137. The van der Waals surface area contributed by atoms with E-state index in [9.17, 15) is 22.8 Å². The zero-order valence-electron chi connectivity index (χ0n) is 13.4. The van der Waals surface area contributed by atoms with Crippen LogP contribution in [0.4, 0.5) is 23.7 Å². The predicted molar refractivity (Wildman–Crippen MR) is 84.8 cm³/mol. The first-order valence-corrected chi connectivity index (χ1v) is 8.26. The highest BCUT2D eigenvalue weighted by Crippen LogP contribution is 2.55. The van der Waals surface area contributed by atoms with E-state index in [1.807, 2.05) is 0 Å². The van der Waals surface area contributed by atoms with Gasteiger partial charge >= 0.3 is 12.2 Å².